The molecule has 1 unspecified atom stereocenters. The van der Waals surface area contributed by atoms with Crippen LogP contribution in [-0.4, -0.2) is 36.6 Å². The highest BCUT2D eigenvalue weighted by Crippen LogP contribution is 2.33. The molecule has 0 spiro atoms. The van der Waals surface area contributed by atoms with E-state index < -0.39 is 0 Å². The summed E-state index contributed by atoms with van der Waals surface area (Å²) < 4.78 is 10.8. The molecular formula is C19H27NO3. The fraction of sp³-hybridized carbons (Fsp3) is 0.632. The Bertz CT molecular complexity index is 537. The lowest BCUT2D eigenvalue weighted by Crippen LogP contribution is -2.39. The molecule has 0 amide bonds. The van der Waals surface area contributed by atoms with Crippen LogP contribution in [0.1, 0.15) is 62.2 Å². The van der Waals surface area contributed by atoms with Crippen molar-refractivity contribution >= 4 is 5.78 Å². The van der Waals surface area contributed by atoms with Gasteiger partial charge < -0.3 is 9.47 Å². The van der Waals surface area contributed by atoms with Crippen molar-refractivity contribution in [1.29, 1.82) is 0 Å². The van der Waals surface area contributed by atoms with Crippen LogP contribution < -0.4 is 9.47 Å². The van der Waals surface area contributed by atoms with Crippen LogP contribution in [0, 0.1) is 0 Å². The number of ketones is 1. The normalized spacial score (nSPS) is 18.3. The van der Waals surface area contributed by atoms with Crippen LogP contribution >= 0.6 is 0 Å². The van der Waals surface area contributed by atoms with E-state index in [1.165, 1.54) is 32.1 Å². The largest absolute Gasteiger partial charge is 0.454 e. The van der Waals surface area contributed by atoms with Gasteiger partial charge in [-0.2, -0.15) is 0 Å². The number of hydrogen-bond donors (Lipinski definition) is 0. The molecule has 1 saturated heterocycles. The van der Waals surface area contributed by atoms with Gasteiger partial charge in [-0.25, -0.2) is 0 Å². The van der Waals surface area contributed by atoms with E-state index in [2.05, 4.69) is 11.8 Å². The number of hydrogen-bond acceptors (Lipinski definition) is 4. The van der Waals surface area contributed by atoms with Crippen molar-refractivity contribution in [2.75, 3.05) is 19.9 Å². The van der Waals surface area contributed by atoms with Gasteiger partial charge in [0.05, 0.1) is 6.04 Å². The molecule has 0 radical (unpaired) electrons. The zero-order chi connectivity index (χ0) is 16.1. The average Bonchev–Trinajstić information content (AvgIpc) is 3.25. The van der Waals surface area contributed by atoms with Gasteiger partial charge in [0.2, 0.25) is 6.79 Å². The molecule has 23 heavy (non-hydrogen) atoms. The first-order valence-electron chi connectivity index (χ1n) is 8.97. The summed E-state index contributed by atoms with van der Waals surface area (Å²) in [6.45, 7) is 4.57. The fourth-order valence-electron chi connectivity index (χ4n) is 3.54. The number of benzene rings is 1. The van der Waals surface area contributed by atoms with E-state index in [9.17, 15) is 4.79 Å². The number of rotatable bonds is 8. The number of fused-ring (bicyclic) bond motifs is 1. The summed E-state index contributed by atoms with van der Waals surface area (Å²) in [6.07, 6.45) is 8.21. The maximum Gasteiger partial charge on any atom is 0.231 e. The number of carbonyl (C=O) groups is 1. The van der Waals surface area contributed by atoms with Gasteiger partial charge in [0.15, 0.2) is 17.3 Å². The van der Waals surface area contributed by atoms with Gasteiger partial charge in [0, 0.05) is 5.56 Å². The van der Waals surface area contributed by atoms with Crippen molar-refractivity contribution < 1.29 is 14.3 Å². The topological polar surface area (TPSA) is 38.8 Å². The molecule has 0 aromatic heterocycles. The first-order chi connectivity index (χ1) is 11.3. The second kappa shape index (κ2) is 7.82. The van der Waals surface area contributed by atoms with E-state index >= 15 is 0 Å². The van der Waals surface area contributed by atoms with Crippen molar-refractivity contribution in [3.8, 4) is 11.5 Å². The number of Topliss-reactive ketones (excluding diaryl/α,β-unsaturated/α-hetero) is 1. The third kappa shape index (κ3) is 3.86. The molecule has 0 bridgehead atoms. The fourth-order valence-corrected chi connectivity index (χ4v) is 3.54. The Hall–Kier alpha value is -1.55. The second-order valence-electron chi connectivity index (χ2n) is 6.54. The first-order valence-corrected chi connectivity index (χ1v) is 8.97. The smallest absolute Gasteiger partial charge is 0.231 e. The second-order valence-corrected chi connectivity index (χ2v) is 6.54. The molecule has 2 heterocycles. The van der Waals surface area contributed by atoms with Gasteiger partial charge in [-0.05, 0) is 50.6 Å². The SMILES string of the molecule is CCCCCCC(C(=O)c1ccc2c(c1)OCO2)N1CCCC1. The summed E-state index contributed by atoms with van der Waals surface area (Å²) in [6, 6.07) is 5.60. The Kier molecular flexibility index (Phi) is 5.55. The molecule has 126 valence electrons. The lowest BCUT2D eigenvalue weighted by Gasteiger charge is -2.26. The van der Waals surface area contributed by atoms with Crippen LogP contribution in [0.4, 0.5) is 0 Å². The van der Waals surface area contributed by atoms with Crippen LogP contribution in [0.15, 0.2) is 18.2 Å². The minimum atomic E-state index is 0.0229. The van der Waals surface area contributed by atoms with E-state index in [-0.39, 0.29) is 18.6 Å². The number of likely N-dealkylation sites (tertiary alicyclic amines) is 1. The van der Waals surface area contributed by atoms with Crippen molar-refractivity contribution in [2.24, 2.45) is 0 Å². The van der Waals surface area contributed by atoms with Crippen LogP contribution in [0.2, 0.25) is 0 Å². The van der Waals surface area contributed by atoms with Gasteiger partial charge >= 0.3 is 0 Å². The van der Waals surface area contributed by atoms with Crippen molar-refractivity contribution in [3.63, 3.8) is 0 Å². The average molecular weight is 317 g/mol. The molecule has 1 aromatic carbocycles. The minimum absolute atomic E-state index is 0.0229. The van der Waals surface area contributed by atoms with Gasteiger partial charge in [0.1, 0.15) is 0 Å². The third-order valence-electron chi connectivity index (χ3n) is 4.87. The Labute approximate surface area is 138 Å². The van der Waals surface area contributed by atoms with Gasteiger partial charge in [-0.15, -0.1) is 0 Å². The van der Waals surface area contributed by atoms with E-state index in [0.29, 0.717) is 5.75 Å². The highest BCUT2D eigenvalue weighted by atomic mass is 16.7. The monoisotopic (exact) mass is 317 g/mol. The maximum absolute atomic E-state index is 13.1. The number of carbonyl (C=O) groups excluding carboxylic acids is 1. The van der Waals surface area contributed by atoms with Crippen LogP contribution in [-0.2, 0) is 0 Å². The van der Waals surface area contributed by atoms with E-state index in [1.807, 2.05) is 18.2 Å². The molecule has 2 aliphatic rings. The highest BCUT2D eigenvalue weighted by Gasteiger charge is 2.29. The van der Waals surface area contributed by atoms with Crippen LogP contribution in [0.25, 0.3) is 0 Å². The van der Waals surface area contributed by atoms with E-state index in [4.69, 9.17) is 9.47 Å². The summed E-state index contributed by atoms with van der Waals surface area (Å²) in [5, 5.41) is 0. The summed E-state index contributed by atoms with van der Waals surface area (Å²) in [5.74, 6) is 1.67. The standard InChI is InChI=1S/C19H27NO3/c1-2-3-4-5-8-16(20-11-6-7-12-20)19(21)15-9-10-17-18(13-15)23-14-22-17/h9-10,13,16H,2-8,11-12,14H2,1H3. The van der Waals surface area contributed by atoms with Crippen molar-refractivity contribution in [1.82, 2.24) is 4.90 Å². The molecule has 4 nitrogen and oxygen atoms in total. The molecule has 1 aromatic rings. The van der Waals surface area contributed by atoms with Crippen molar-refractivity contribution in [2.45, 2.75) is 57.9 Å². The zero-order valence-corrected chi connectivity index (χ0v) is 14.1. The molecule has 0 N–H and O–H groups in total. The Balaban J connectivity index is 1.70. The molecule has 1 atom stereocenters. The Morgan fingerprint density at radius 1 is 1.13 bits per heavy atom. The summed E-state index contributed by atoms with van der Waals surface area (Å²) in [4.78, 5) is 15.4. The summed E-state index contributed by atoms with van der Waals surface area (Å²) in [5.41, 5.74) is 0.752. The van der Waals surface area contributed by atoms with Gasteiger partial charge in [0.25, 0.3) is 0 Å². The molecule has 2 aliphatic heterocycles. The maximum atomic E-state index is 13.1. The molecule has 0 saturated carbocycles. The summed E-state index contributed by atoms with van der Waals surface area (Å²) in [7, 11) is 0. The molecular weight excluding hydrogens is 290 g/mol. The molecule has 4 heteroatoms. The predicted molar refractivity (Wildman–Crippen MR) is 90.2 cm³/mol. The van der Waals surface area contributed by atoms with E-state index in [0.717, 1.165) is 37.2 Å². The first kappa shape index (κ1) is 16.3. The van der Waals surface area contributed by atoms with Gasteiger partial charge in [-0.3, -0.25) is 9.69 Å². The predicted octanol–water partition coefficient (Wildman–Crippen LogP) is 4.03. The number of nitrogens with zero attached hydrogens (tertiary/aromatic N) is 1. The molecule has 0 aliphatic carbocycles. The Morgan fingerprint density at radius 3 is 2.70 bits per heavy atom. The number of ether oxygens (including phenoxy) is 2. The lowest BCUT2D eigenvalue weighted by molar-refractivity contribution is 0.0834. The molecule has 3 rings (SSSR count). The molecule has 1 fully saturated rings. The van der Waals surface area contributed by atoms with Crippen molar-refractivity contribution in [3.05, 3.63) is 23.8 Å². The van der Waals surface area contributed by atoms with E-state index in [1.54, 1.807) is 0 Å². The minimum Gasteiger partial charge on any atom is -0.454 e. The highest BCUT2D eigenvalue weighted by molar-refractivity contribution is 6.00. The lowest BCUT2D eigenvalue weighted by atomic mass is 9.97. The number of unbranched alkanes of at least 4 members (excludes halogenated alkanes) is 3. The quantitative estimate of drug-likeness (QED) is 0.536. The zero-order valence-electron chi connectivity index (χ0n) is 14.1. The Morgan fingerprint density at radius 2 is 1.91 bits per heavy atom. The van der Waals surface area contributed by atoms with Crippen LogP contribution in [0.3, 0.4) is 0 Å². The summed E-state index contributed by atoms with van der Waals surface area (Å²) >= 11 is 0. The third-order valence-corrected chi connectivity index (χ3v) is 4.87. The van der Waals surface area contributed by atoms with Gasteiger partial charge in [-0.1, -0.05) is 32.6 Å². The van der Waals surface area contributed by atoms with Crippen LogP contribution in [0.5, 0.6) is 11.5 Å².